The standard InChI is InChI=1S/C29H36N6O6S/c1-5-35-11-7-6-8-22(35)18-12-25(39-3)28(26(13-18)40-4)42(36,37)34-29-19-14-24(38-2)21(15-23(19)41-33-29)30-27-16-20(31-32-27)17-9-10-17/h12-17,22H,5-11H2,1-4H3,(H,33,34)(H2,30,31,32)/t22-/m0/s1. The number of likely N-dealkylation sites (tertiary alicyclic amines) is 1. The summed E-state index contributed by atoms with van der Waals surface area (Å²) >= 11 is 0. The van der Waals surface area contributed by atoms with Crippen LogP contribution in [-0.2, 0) is 10.0 Å². The van der Waals surface area contributed by atoms with Crippen molar-refractivity contribution in [3.05, 3.63) is 41.6 Å². The number of fused-ring (bicyclic) bond motifs is 1. The fraction of sp³-hybridized carbons (Fsp3) is 0.448. The lowest BCUT2D eigenvalue weighted by Gasteiger charge is -2.35. The van der Waals surface area contributed by atoms with E-state index in [1.165, 1.54) is 21.3 Å². The molecule has 2 aromatic heterocycles. The van der Waals surface area contributed by atoms with E-state index in [2.05, 4.69) is 37.2 Å². The second-order valence-corrected chi connectivity index (χ2v) is 12.3. The van der Waals surface area contributed by atoms with Crippen molar-refractivity contribution in [2.75, 3.05) is 44.5 Å². The van der Waals surface area contributed by atoms with Crippen LogP contribution in [0.15, 0.2) is 39.8 Å². The Morgan fingerprint density at radius 1 is 1.00 bits per heavy atom. The SMILES string of the molecule is CCN1CCCC[C@H]1c1cc(OC)c(S(=O)(=O)Nc2noc3cc(Nc4cc(C5CC5)[nH]n4)c(OC)cc23)c(OC)c1. The van der Waals surface area contributed by atoms with Crippen molar-refractivity contribution < 1.29 is 27.2 Å². The van der Waals surface area contributed by atoms with E-state index in [4.69, 9.17) is 18.7 Å². The molecule has 6 rings (SSSR count). The van der Waals surface area contributed by atoms with E-state index in [0.717, 1.165) is 56.5 Å². The second-order valence-electron chi connectivity index (χ2n) is 10.7. The summed E-state index contributed by atoms with van der Waals surface area (Å²) in [6, 6.07) is 9.09. The molecule has 4 aromatic rings. The molecule has 12 nitrogen and oxygen atoms in total. The molecule has 1 saturated heterocycles. The molecule has 3 heterocycles. The Labute approximate surface area is 244 Å². The van der Waals surface area contributed by atoms with Gasteiger partial charge in [-0.2, -0.15) is 5.10 Å². The number of piperidine rings is 1. The molecular formula is C29H36N6O6S. The lowest BCUT2D eigenvalue weighted by Crippen LogP contribution is -2.33. The number of H-pyrrole nitrogens is 1. The van der Waals surface area contributed by atoms with Gasteiger partial charge in [-0.15, -0.1) is 0 Å². The van der Waals surface area contributed by atoms with Gasteiger partial charge >= 0.3 is 0 Å². The van der Waals surface area contributed by atoms with Gasteiger partial charge in [0.25, 0.3) is 10.0 Å². The number of nitrogens with zero attached hydrogens (tertiary/aromatic N) is 3. The summed E-state index contributed by atoms with van der Waals surface area (Å²) < 4.78 is 52.6. The minimum atomic E-state index is -4.21. The van der Waals surface area contributed by atoms with Crippen molar-refractivity contribution in [2.45, 2.75) is 55.9 Å². The quantitative estimate of drug-likeness (QED) is 0.202. The van der Waals surface area contributed by atoms with Crippen molar-refractivity contribution >= 4 is 38.3 Å². The molecule has 1 aliphatic carbocycles. The van der Waals surface area contributed by atoms with Gasteiger partial charge in [0.1, 0.15) is 17.2 Å². The molecule has 0 unspecified atom stereocenters. The first-order valence-corrected chi connectivity index (χ1v) is 15.7. The van der Waals surface area contributed by atoms with Gasteiger partial charge in [0.15, 0.2) is 22.1 Å². The maximum atomic E-state index is 13.8. The van der Waals surface area contributed by atoms with E-state index in [1.807, 2.05) is 6.07 Å². The van der Waals surface area contributed by atoms with Gasteiger partial charge in [-0.3, -0.25) is 14.7 Å². The first-order valence-electron chi connectivity index (χ1n) is 14.2. The highest BCUT2D eigenvalue weighted by atomic mass is 32.2. The molecule has 1 saturated carbocycles. The normalized spacial score (nSPS) is 17.8. The van der Waals surface area contributed by atoms with Crippen LogP contribution in [0.3, 0.4) is 0 Å². The third-order valence-corrected chi connectivity index (χ3v) is 9.46. The Morgan fingerprint density at radius 3 is 2.40 bits per heavy atom. The van der Waals surface area contributed by atoms with Gasteiger partial charge in [-0.1, -0.05) is 18.5 Å². The van der Waals surface area contributed by atoms with E-state index in [-0.39, 0.29) is 28.3 Å². The third kappa shape index (κ3) is 5.34. The molecule has 13 heteroatoms. The molecule has 0 amide bonds. The van der Waals surface area contributed by atoms with Crippen molar-refractivity contribution in [3.63, 3.8) is 0 Å². The Bertz CT molecular complexity index is 1670. The van der Waals surface area contributed by atoms with Crippen molar-refractivity contribution in [1.29, 1.82) is 0 Å². The molecule has 0 bridgehead atoms. The summed E-state index contributed by atoms with van der Waals surface area (Å²) in [5, 5.41) is 15.1. The zero-order chi connectivity index (χ0) is 29.4. The molecule has 2 aromatic carbocycles. The molecule has 2 fully saturated rings. The molecule has 0 spiro atoms. The van der Waals surface area contributed by atoms with E-state index in [0.29, 0.717) is 34.1 Å². The summed E-state index contributed by atoms with van der Waals surface area (Å²) in [4.78, 5) is 2.28. The maximum Gasteiger partial charge on any atom is 0.270 e. The molecule has 3 N–H and O–H groups in total. The number of ether oxygens (including phenoxy) is 3. The largest absolute Gasteiger partial charge is 0.495 e. The number of rotatable bonds is 11. The molecule has 42 heavy (non-hydrogen) atoms. The predicted octanol–water partition coefficient (Wildman–Crippen LogP) is 5.55. The predicted molar refractivity (Wildman–Crippen MR) is 159 cm³/mol. The van der Waals surface area contributed by atoms with Gasteiger partial charge in [0, 0.05) is 29.8 Å². The highest BCUT2D eigenvalue weighted by Gasteiger charge is 2.31. The smallest absolute Gasteiger partial charge is 0.270 e. The Kier molecular flexibility index (Phi) is 7.62. The Morgan fingerprint density at radius 2 is 1.74 bits per heavy atom. The number of aromatic nitrogens is 3. The number of benzene rings is 2. The summed E-state index contributed by atoms with van der Waals surface area (Å²) in [5.74, 6) is 2.06. The lowest BCUT2D eigenvalue weighted by atomic mass is 9.95. The van der Waals surface area contributed by atoms with Crippen LogP contribution in [-0.4, -0.2) is 63.1 Å². The molecule has 224 valence electrons. The van der Waals surface area contributed by atoms with E-state index >= 15 is 0 Å². The number of hydrogen-bond donors (Lipinski definition) is 3. The monoisotopic (exact) mass is 596 g/mol. The number of methoxy groups -OCH3 is 3. The molecule has 1 aliphatic heterocycles. The number of aromatic amines is 1. The average Bonchev–Trinajstić information content (AvgIpc) is 3.64. The minimum Gasteiger partial charge on any atom is -0.495 e. The van der Waals surface area contributed by atoms with Crippen LogP contribution in [0.1, 0.15) is 62.2 Å². The van der Waals surface area contributed by atoms with Gasteiger partial charge < -0.3 is 24.1 Å². The van der Waals surface area contributed by atoms with Crippen LogP contribution in [0, 0.1) is 0 Å². The zero-order valence-electron chi connectivity index (χ0n) is 24.2. The Hall–Kier alpha value is -3.97. The van der Waals surface area contributed by atoms with Crippen molar-refractivity contribution in [1.82, 2.24) is 20.3 Å². The van der Waals surface area contributed by atoms with Gasteiger partial charge in [0.2, 0.25) is 0 Å². The zero-order valence-corrected chi connectivity index (χ0v) is 25.0. The molecular weight excluding hydrogens is 560 g/mol. The van der Waals surface area contributed by atoms with Crippen LogP contribution in [0.25, 0.3) is 11.0 Å². The van der Waals surface area contributed by atoms with Crippen LogP contribution < -0.4 is 24.2 Å². The Balaban J connectivity index is 1.31. The lowest BCUT2D eigenvalue weighted by molar-refractivity contribution is 0.156. The fourth-order valence-electron chi connectivity index (χ4n) is 5.73. The van der Waals surface area contributed by atoms with Crippen LogP contribution >= 0.6 is 0 Å². The minimum absolute atomic E-state index is 0.0169. The first-order chi connectivity index (χ1) is 20.3. The number of sulfonamides is 1. The summed E-state index contributed by atoms with van der Waals surface area (Å²) in [7, 11) is 0.228. The topological polar surface area (TPSA) is 144 Å². The van der Waals surface area contributed by atoms with E-state index < -0.39 is 10.0 Å². The first kappa shape index (κ1) is 28.2. The van der Waals surface area contributed by atoms with Crippen LogP contribution in [0.5, 0.6) is 17.2 Å². The maximum absolute atomic E-state index is 13.8. The third-order valence-electron chi connectivity index (χ3n) is 8.06. The van der Waals surface area contributed by atoms with E-state index in [1.54, 1.807) is 24.3 Å². The molecule has 2 aliphatic rings. The van der Waals surface area contributed by atoms with Crippen LogP contribution in [0.4, 0.5) is 17.3 Å². The number of hydrogen-bond acceptors (Lipinski definition) is 10. The second kappa shape index (κ2) is 11.4. The summed E-state index contributed by atoms with van der Waals surface area (Å²) in [6.45, 7) is 4.03. The summed E-state index contributed by atoms with van der Waals surface area (Å²) in [5.41, 5.74) is 3.02. The van der Waals surface area contributed by atoms with Gasteiger partial charge in [-0.25, -0.2) is 8.42 Å². The highest BCUT2D eigenvalue weighted by Crippen LogP contribution is 2.43. The fourth-order valence-corrected chi connectivity index (χ4v) is 7.05. The molecule has 0 radical (unpaired) electrons. The molecule has 1 atom stereocenters. The van der Waals surface area contributed by atoms with E-state index in [9.17, 15) is 8.42 Å². The van der Waals surface area contributed by atoms with Gasteiger partial charge in [-0.05, 0) is 62.5 Å². The van der Waals surface area contributed by atoms with Crippen molar-refractivity contribution in [3.8, 4) is 17.2 Å². The number of anilines is 3. The summed E-state index contributed by atoms with van der Waals surface area (Å²) in [6.07, 6.45) is 5.56. The van der Waals surface area contributed by atoms with Crippen molar-refractivity contribution in [2.24, 2.45) is 0 Å². The average molecular weight is 597 g/mol. The van der Waals surface area contributed by atoms with Gasteiger partial charge in [0.05, 0.1) is 32.4 Å². The van der Waals surface area contributed by atoms with Crippen LogP contribution in [0.2, 0.25) is 0 Å². The highest BCUT2D eigenvalue weighted by molar-refractivity contribution is 7.93. The number of nitrogens with one attached hydrogen (secondary N) is 3.